The number of anilines is 3. The molecule has 1 fully saturated rings. The summed E-state index contributed by atoms with van der Waals surface area (Å²) < 4.78 is 5.78. The number of amides is 1. The van der Waals surface area contributed by atoms with Gasteiger partial charge in [-0.25, -0.2) is 0 Å². The molecule has 2 heterocycles. The number of aromatic amines is 1. The third kappa shape index (κ3) is 4.00. The second-order valence-corrected chi connectivity index (χ2v) is 6.28. The van der Waals surface area contributed by atoms with E-state index in [9.17, 15) is 4.79 Å². The summed E-state index contributed by atoms with van der Waals surface area (Å²) in [5.41, 5.74) is 1.89. The van der Waals surface area contributed by atoms with Crippen LogP contribution in [0.15, 0.2) is 48.5 Å². The smallest absolute Gasteiger partial charge is 0.221 e. The van der Waals surface area contributed by atoms with Crippen LogP contribution in [0, 0.1) is 0 Å². The van der Waals surface area contributed by atoms with Crippen molar-refractivity contribution in [1.82, 2.24) is 15.2 Å². The number of rotatable bonds is 6. The molecule has 1 aliphatic carbocycles. The van der Waals surface area contributed by atoms with Crippen molar-refractivity contribution in [3.05, 3.63) is 54.2 Å². The van der Waals surface area contributed by atoms with Gasteiger partial charge in [-0.1, -0.05) is 6.07 Å². The summed E-state index contributed by atoms with van der Waals surface area (Å²) in [6.07, 6.45) is 2.45. The molecule has 1 saturated carbocycles. The van der Waals surface area contributed by atoms with Gasteiger partial charge >= 0.3 is 0 Å². The molecule has 0 bridgehead atoms. The van der Waals surface area contributed by atoms with Gasteiger partial charge in [-0.3, -0.25) is 9.89 Å². The van der Waals surface area contributed by atoms with Gasteiger partial charge in [0, 0.05) is 36.4 Å². The molecule has 1 aliphatic rings. The summed E-state index contributed by atoms with van der Waals surface area (Å²) in [7, 11) is 0. The van der Waals surface area contributed by atoms with Crippen molar-refractivity contribution >= 4 is 23.2 Å². The number of benzene rings is 1. The van der Waals surface area contributed by atoms with Gasteiger partial charge < -0.3 is 15.4 Å². The van der Waals surface area contributed by atoms with E-state index in [0.29, 0.717) is 23.4 Å². The van der Waals surface area contributed by atoms with Crippen molar-refractivity contribution in [2.24, 2.45) is 0 Å². The zero-order chi connectivity index (χ0) is 17.9. The number of nitrogens with zero attached hydrogens (tertiary/aromatic N) is 2. The zero-order valence-electron chi connectivity index (χ0n) is 14.3. The molecule has 0 atom stereocenters. The van der Waals surface area contributed by atoms with Gasteiger partial charge in [0.1, 0.15) is 11.6 Å². The van der Waals surface area contributed by atoms with Crippen LogP contribution in [0.1, 0.15) is 31.4 Å². The van der Waals surface area contributed by atoms with E-state index < -0.39 is 0 Å². The molecule has 26 heavy (non-hydrogen) atoms. The van der Waals surface area contributed by atoms with Gasteiger partial charge in [-0.05, 0) is 43.2 Å². The van der Waals surface area contributed by atoms with E-state index in [-0.39, 0.29) is 5.91 Å². The molecule has 1 aromatic carbocycles. The Morgan fingerprint density at radius 2 is 1.96 bits per heavy atom. The molecular weight excluding hydrogens is 330 g/mol. The third-order valence-electron chi connectivity index (χ3n) is 3.99. The Hall–Kier alpha value is -3.35. The van der Waals surface area contributed by atoms with Gasteiger partial charge in [-0.2, -0.15) is 10.1 Å². The van der Waals surface area contributed by atoms with E-state index in [0.717, 1.165) is 11.5 Å². The van der Waals surface area contributed by atoms with Crippen LogP contribution in [-0.4, -0.2) is 21.1 Å². The number of H-pyrrole nitrogens is 1. The molecule has 7 nitrogen and oxygen atoms in total. The molecule has 0 aliphatic heterocycles. The van der Waals surface area contributed by atoms with Crippen molar-refractivity contribution in [2.45, 2.75) is 25.7 Å². The Bertz CT molecular complexity index is 916. The molecule has 2 aromatic heterocycles. The molecule has 3 aromatic rings. The van der Waals surface area contributed by atoms with E-state index in [2.05, 4.69) is 25.8 Å². The minimum absolute atomic E-state index is 0.109. The van der Waals surface area contributed by atoms with Crippen molar-refractivity contribution in [1.29, 1.82) is 0 Å². The Labute approximate surface area is 150 Å². The lowest BCUT2D eigenvalue weighted by Crippen LogP contribution is -2.05. The van der Waals surface area contributed by atoms with Gasteiger partial charge in [0.25, 0.3) is 0 Å². The lowest BCUT2D eigenvalue weighted by atomic mass is 10.3. The Morgan fingerprint density at radius 3 is 2.69 bits per heavy atom. The monoisotopic (exact) mass is 349 g/mol. The highest BCUT2D eigenvalue weighted by Gasteiger charge is 2.25. The average molecular weight is 349 g/mol. The lowest BCUT2D eigenvalue weighted by molar-refractivity contribution is -0.114. The highest BCUT2D eigenvalue weighted by Crippen LogP contribution is 2.39. The van der Waals surface area contributed by atoms with Crippen LogP contribution in [0.2, 0.25) is 0 Å². The molecule has 0 saturated heterocycles. The van der Waals surface area contributed by atoms with E-state index in [1.807, 2.05) is 18.2 Å². The van der Waals surface area contributed by atoms with Crippen molar-refractivity contribution in [3.8, 4) is 11.6 Å². The molecular formula is C19H19N5O2. The topological polar surface area (TPSA) is 91.9 Å². The normalized spacial score (nSPS) is 13.3. The number of ether oxygens (including phenoxy) is 1. The lowest BCUT2D eigenvalue weighted by Gasteiger charge is -2.08. The second-order valence-electron chi connectivity index (χ2n) is 6.28. The number of aromatic nitrogens is 3. The number of nitrogens with one attached hydrogen (secondary N) is 3. The minimum atomic E-state index is -0.109. The molecule has 132 valence electrons. The fourth-order valence-electron chi connectivity index (χ4n) is 2.61. The first kappa shape index (κ1) is 16.1. The largest absolute Gasteiger partial charge is 0.439 e. The van der Waals surface area contributed by atoms with E-state index in [1.54, 1.807) is 30.3 Å². The van der Waals surface area contributed by atoms with Crippen LogP contribution in [0.3, 0.4) is 0 Å². The van der Waals surface area contributed by atoms with E-state index in [1.165, 1.54) is 25.5 Å². The first-order valence-corrected chi connectivity index (χ1v) is 8.50. The van der Waals surface area contributed by atoms with E-state index in [4.69, 9.17) is 4.74 Å². The summed E-state index contributed by atoms with van der Waals surface area (Å²) in [6.45, 7) is 1.47. The SMILES string of the molecule is CC(=O)Nc1ccc(Oc2cccc(Nc3cc(C4CC4)[nH]n3)n2)cc1. The molecule has 0 unspecified atom stereocenters. The highest BCUT2D eigenvalue weighted by atomic mass is 16.5. The van der Waals surface area contributed by atoms with Gasteiger partial charge in [0.05, 0.1) is 0 Å². The van der Waals surface area contributed by atoms with Crippen LogP contribution in [0.5, 0.6) is 11.6 Å². The molecule has 1 amide bonds. The number of carbonyl (C=O) groups excluding carboxylic acids is 1. The Kier molecular flexibility index (Phi) is 4.27. The van der Waals surface area contributed by atoms with Crippen LogP contribution < -0.4 is 15.4 Å². The fraction of sp³-hybridized carbons (Fsp3) is 0.211. The Balaban J connectivity index is 1.42. The first-order chi connectivity index (χ1) is 12.7. The summed E-state index contributed by atoms with van der Waals surface area (Å²) in [6, 6.07) is 14.7. The zero-order valence-corrected chi connectivity index (χ0v) is 14.3. The molecule has 0 radical (unpaired) electrons. The Morgan fingerprint density at radius 1 is 1.15 bits per heavy atom. The summed E-state index contributed by atoms with van der Waals surface area (Å²) in [5.74, 6) is 3.03. The van der Waals surface area contributed by atoms with Crippen molar-refractivity contribution in [2.75, 3.05) is 10.6 Å². The first-order valence-electron chi connectivity index (χ1n) is 8.50. The predicted molar refractivity (Wildman–Crippen MR) is 98.9 cm³/mol. The molecule has 4 rings (SSSR count). The maximum Gasteiger partial charge on any atom is 0.221 e. The fourth-order valence-corrected chi connectivity index (χ4v) is 2.61. The third-order valence-corrected chi connectivity index (χ3v) is 3.99. The maximum absolute atomic E-state index is 11.1. The predicted octanol–water partition coefficient (Wildman–Crippen LogP) is 4.18. The number of hydrogen-bond acceptors (Lipinski definition) is 5. The summed E-state index contributed by atoms with van der Waals surface area (Å²) >= 11 is 0. The minimum Gasteiger partial charge on any atom is -0.439 e. The van der Waals surface area contributed by atoms with Gasteiger partial charge in [-0.15, -0.1) is 0 Å². The molecule has 0 spiro atoms. The highest BCUT2D eigenvalue weighted by molar-refractivity contribution is 5.88. The van der Waals surface area contributed by atoms with E-state index >= 15 is 0 Å². The summed E-state index contributed by atoms with van der Waals surface area (Å²) in [5, 5.41) is 13.2. The quantitative estimate of drug-likeness (QED) is 0.621. The van der Waals surface area contributed by atoms with Crippen LogP contribution in [0.25, 0.3) is 0 Å². The second kappa shape index (κ2) is 6.87. The number of carbonyl (C=O) groups is 1. The molecule has 3 N–H and O–H groups in total. The summed E-state index contributed by atoms with van der Waals surface area (Å²) in [4.78, 5) is 15.5. The van der Waals surface area contributed by atoms with Crippen molar-refractivity contribution in [3.63, 3.8) is 0 Å². The molecule has 7 heteroatoms. The van der Waals surface area contributed by atoms with Crippen LogP contribution in [0.4, 0.5) is 17.3 Å². The van der Waals surface area contributed by atoms with Crippen LogP contribution >= 0.6 is 0 Å². The maximum atomic E-state index is 11.1. The van der Waals surface area contributed by atoms with Gasteiger partial charge in [0.15, 0.2) is 5.82 Å². The standard InChI is InChI=1S/C19H19N5O2/c1-12(25)20-14-7-9-15(10-8-14)26-19-4-2-3-17(22-19)21-18-11-16(23-24-18)13-5-6-13/h2-4,7-11,13H,5-6H2,1H3,(H,20,25)(H2,21,22,23,24). The van der Waals surface area contributed by atoms with Crippen LogP contribution in [-0.2, 0) is 4.79 Å². The number of pyridine rings is 1. The number of hydrogen-bond donors (Lipinski definition) is 3. The van der Waals surface area contributed by atoms with Gasteiger partial charge in [0.2, 0.25) is 11.8 Å². The van der Waals surface area contributed by atoms with Crippen molar-refractivity contribution < 1.29 is 9.53 Å². The average Bonchev–Trinajstić information content (AvgIpc) is 3.37.